The van der Waals surface area contributed by atoms with E-state index >= 15 is 0 Å². The van der Waals surface area contributed by atoms with Gasteiger partial charge in [0.1, 0.15) is 6.54 Å². The number of rotatable bonds is 5. The Labute approximate surface area is 99.6 Å². The first-order valence-electron chi connectivity index (χ1n) is 5.01. The number of nitrogens with zero attached hydrogens (tertiary/aromatic N) is 3. The first kappa shape index (κ1) is 13.5. The van der Waals surface area contributed by atoms with E-state index in [1.165, 1.54) is 12.3 Å². The fourth-order valence-electron chi connectivity index (χ4n) is 1.30. The van der Waals surface area contributed by atoms with Gasteiger partial charge in [0.15, 0.2) is 5.82 Å². The standard InChI is InChI=1S/C10H12FN3O2S/c1-2-7-14(8-5-12)17(15,16)10-9(11)4-3-6-13-10/h3-4,6H,2,7-8H2,1H3. The number of pyridine rings is 1. The molecule has 0 fully saturated rings. The minimum atomic E-state index is -4.03. The molecule has 1 aromatic heterocycles. The van der Waals surface area contributed by atoms with E-state index in [0.29, 0.717) is 6.42 Å². The average molecular weight is 257 g/mol. The Bertz CT molecular complexity index is 525. The Morgan fingerprint density at radius 3 is 2.82 bits per heavy atom. The van der Waals surface area contributed by atoms with Crippen LogP contribution in [0.4, 0.5) is 4.39 Å². The Balaban J connectivity index is 3.18. The first-order valence-corrected chi connectivity index (χ1v) is 6.45. The van der Waals surface area contributed by atoms with E-state index in [9.17, 15) is 12.8 Å². The molecule has 0 N–H and O–H groups in total. The molecule has 0 radical (unpaired) electrons. The lowest BCUT2D eigenvalue weighted by molar-refractivity contribution is 0.435. The zero-order chi connectivity index (χ0) is 12.9. The maximum atomic E-state index is 13.4. The molecule has 0 aromatic carbocycles. The highest BCUT2D eigenvalue weighted by atomic mass is 32.2. The normalized spacial score (nSPS) is 11.4. The van der Waals surface area contributed by atoms with Crippen molar-refractivity contribution in [3.05, 3.63) is 24.1 Å². The summed E-state index contributed by atoms with van der Waals surface area (Å²) in [6.45, 7) is 1.62. The van der Waals surface area contributed by atoms with Gasteiger partial charge < -0.3 is 0 Å². The van der Waals surface area contributed by atoms with Crippen molar-refractivity contribution < 1.29 is 12.8 Å². The number of hydrogen-bond acceptors (Lipinski definition) is 4. The van der Waals surface area contributed by atoms with Gasteiger partial charge in [0.2, 0.25) is 5.03 Å². The molecule has 1 rings (SSSR count). The predicted molar refractivity (Wildman–Crippen MR) is 58.9 cm³/mol. The van der Waals surface area contributed by atoms with Gasteiger partial charge in [-0.25, -0.2) is 17.8 Å². The lowest BCUT2D eigenvalue weighted by Crippen LogP contribution is -2.33. The third kappa shape index (κ3) is 2.99. The second kappa shape index (κ2) is 5.70. The summed E-state index contributed by atoms with van der Waals surface area (Å²) in [6, 6.07) is 4.08. The van der Waals surface area contributed by atoms with E-state index in [1.807, 2.05) is 0 Å². The van der Waals surface area contributed by atoms with Gasteiger partial charge in [0, 0.05) is 12.7 Å². The zero-order valence-electron chi connectivity index (χ0n) is 9.30. The summed E-state index contributed by atoms with van der Waals surface area (Å²) in [5.41, 5.74) is 0. The minimum absolute atomic E-state index is 0.159. The molecular weight excluding hydrogens is 245 g/mol. The molecule has 1 heterocycles. The topological polar surface area (TPSA) is 74.1 Å². The monoisotopic (exact) mass is 257 g/mol. The van der Waals surface area contributed by atoms with Crippen LogP contribution < -0.4 is 0 Å². The summed E-state index contributed by atoms with van der Waals surface area (Å²) in [6.07, 6.45) is 1.74. The number of hydrogen-bond donors (Lipinski definition) is 0. The van der Waals surface area contributed by atoms with Gasteiger partial charge in [-0.2, -0.15) is 9.57 Å². The van der Waals surface area contributed by atoms with Crippen molar-refractivity contribution in [3.63, 3.8) is 0 Å². The summed E-state index contributed by atoms with van der Waals surface area (Å²) < 4.78 is 38.3. The molecule has 1 aromatic rings. The van der Waals surface area contributed by atoms with E-state index in [0.717, 1.165) is 10.4 Å². The van der Waals surface area contributed by atoms with E-state index in [2.05, 4.69) is 4.98 Å². The molecule has 17 heavy (non-hydrogen) atoms. The summed E-state index contributed by atoms with van der Waals surface area (Å²) in [5.74, 6) is -0.911. The van der Waals surface area contributed by atoms with Gasteiger partial charge in [-0.1, -0.05) is 6.92 Å². The summed E-state index contributed by atoms with van der Waals surface area (Å²) in [5, 5.41) is 7.94. The van der Waals surface area contributed by atoms with E-state index in [1.54, 1.807) is 13.0 Å². The summed E-state index contributed by atoms with van der Waals surface area (Å²) in [4.78, 5) is 3.52. The molecule has 0 saturated carbocycles. The van der Waals surface area contributed by atoms with E-state index in [-0.39, 0.29) is 13.1 Å². The fourth-order valence-corrected chi connectivity index (χ4v) is 2.70. The highest BCUT2D eigenvalue weighted by Crippen LogP contribution is 2.16. The second-order valence-electron chi connectivity index (χ2n) is 3.29. The van der Waals surface area contributed by atoms with Crippen LogP contribution in [0.3, 0.4) is 0 Å². The molecule has 0 bridgehead atoms. The Morgan fingerprint density at radius 1 is 1.59 bits per heavy atom. The molecule has 0 aliphatic rings. The lowest BCUT2D eigenvalue weighted by Gasteiger charge is -2.17. The molecule has 92 valence electrons. The predicted octanol–water partition coefficient (Wildman–Crippen LogP) is 1.14. The van der Waals surface area contributed by atoms with Crippen LogP contribution in [0, 0.1) is 17.1 Å². The van der Waals surface area contributed by atoms with Crippen LogP contribution in [0.2, 0.25) is 0 Å². The molecule has 0 amide bonds. The molecule has 0 atom stereocenters. The molecule has 0 spiro atoms. The average Bonchev–Trinajstić information content (AvgIpc) is 2.29. The van der Waals surface area contributed by atoms with Crippen molar-refractivity contribution in [2.45, 2.75) is 18.4 Å². The number of aromatic nitrogens is 1. The van der Waals surface area contributed by atoms with Crippen LogP contribution in [0.25, 0.3) is 0 Å². The van der Waals surface area contributed by atoms with Crippen molar-refractivity contribution >= 4 is 10.0 Å². The van der Waals surface area contributed by atoms with Gasteiger partial charge in [0.25, 0.3) is 10.0 Å². The SMILES string of the molecule is CCCN(CC#N)S(=O)(=O)c1ncccc1F. The molecule has 5 nitrogen and oxygen atoms in total. The number of halogens is 1. The number of nitriles is 1. The van der Waals surface area contributed by atoms with E-state index in [4.69, 9.17) is 5.26 Å². The lowest BCUT2D eigenvalue weighted by atomic mass is 10.5. The van der Waals surface area contributed by atoms with Gasteiger partial charge >= 0.3 is 0 Å². The smallest absolute Gasteiger partial charge is 0.241 e. The highest BCUT2D eigenvalue weighted by Gasteiger charge is 2.27. The molecule has 0 saturated heterocycles. The van der Waals surface area contributed by atoms with Crippen molar-refractivity contribution in [2.75, 3.05) is 13.1 Å². The van der Waals surface area contributed by atoms with Gasteiger partial charge in [-0.15, -0.1) is 0 Å². The van der Waals surface area contributed by atoms with Crippen molar-refractivity contribution in [2.24, 2.45) is 0 Å². The fraction of sp³-hybridized carbons (Fsp3) is 0.400. The first-order chi connectivity index (χ1) is 8.04. The minimum Gasteiger partial charge on any atom is -0.241 e. The van der Waals surface area contributed by atoms with Gasteiger partial charge in [-0.3, -0.25) is 0 Å². The quantitative estimate of drug-likeness (QED) is 0.741. The molecule has 0 aliphatic heterocycles. The summed E-state index contributed by atoms with van der Waals surface area (Å²) in [7, 11) is -4.03. The van der Waals surface area contributed by atoms with Gasteiger partial charge in [0.05, 0.1) is 6.07 Å². The third-order valence-electron chi connectivity index (χ3n) is 2.03. The van der Waals surface area contributed by atoms with Crippen LogP contribution in [0.1, 0.15) is 13.3 Å². The molecule has 0 unspecified atom stereocenters. The Morgan fingerprint density at radius 2 is 2.29 bits per heavy atom. The van der Waals surface area contributed by atoms with Crippen molar-refractivity contribution in [1.29, 1.82) is 5.26 Å². The largest absolute Gasteiger partial charge is 0.264 e. The Kier molecular flexibility index (Phi) is 4.54. The molecular formula is C10H12FN3O2S. The van der Waals surface area contributed by atoms with E-state index < -0.39 is 20.9 Å². The third-order valence-corrected chi connectivity index (χ3v) is 3.81. The van der Waals surface area contributed by atoms with Gasteiger partial charge in [-0.05, 0) is 18.6 Å². The highest BCUT2D eigenvalue weighted by molar-refractivity contribution is 7.89. The van der Waals surface area contributed by atoms with Crippen LogP contribution in [0.5, 0.6) is 0 Å². The molecule has 7 heteroatoms. The van der Waals surface area contributed by atoms with Crippen LogP contribution in [-0.4, -0.2) is 30.8 Å². The van der Waals surface area contributed by atoms with Crippen molar-refractivity contribution in [3.8, 4) is 6.07 Å². The second-order valence-corrected chi connectivity index (χ2v) is 5.14. The van der Waals surface area contributed by atoms with Crippen LogP contribution in [-0.2, 0) is 10.0 Å². The zero-order valence-corrected chi connectivity index (χ0v) is 10.1. The molecule has 0 aliphatic carbocycles. The maximum absolute atomic E-state index is 13.4. The van der Waals surface area contributed by atoms with Crippen LogP contribution in [0.15, 0.2) is 23.4 Å². The van der Waals surface area contributed by atoms with Crippen LogP contribution >= 0.6 is 0 Å². The number of sulfonamides is 1. The van der Waals surface area contributed by atoms with Crippen molar-refractivity contribution in [1.82, 2.24) is 9.29 Å². The Hall–Kier alpha value is -1.52. The summed E-state index contributed by atoms with van der Waals surface area (Å²) >= 11 is 0. The maximum Gasteiger partial charge on any atom is 0.264 e.